The number of ether oxygens (including phenoxy) is 3. The van der Waals surface area contributed by atoms with Crippen LogP contribution in [0.15, 0.2) is 42.5 Å². The molecule has 0 saturated heterocycles. The van der Waals surface area contributed by atoms with Crippen molar-refractivity contribution in [1.29, 1.82) is 0 Å². The monoisotopic (exact) mass is 358 g/mol. The van der Waals surface area contributed by atoms with Crippen LogP contribution in [0.25, 0.3) is 0 Å². The Bertz CT molecular complexity index is 777. The van der Waals surface area contributed by atoms with E-state index in [2.05, 4.69) is 10.6 Å². The van der Waals surface area contributed by atoms with Crippen LogP contribution < -0.4 is 24.8 Å². The lowest BCUT2D eigenvalue weighted by atomic mass is 10.2. The van der Waals surface area contributed by atoms with Crippen LogP contribution in [0.5, 0.6) is 17.2 Å². The van der Waals surface area contributed by atoms with Gasteiger partial charge in [0.25, 0.3) is 5.91 Å². The van der Waals surface area contributed by atoms with E-state index in [1.54, 1.807) is 31.2 Å². The van der Waals surface area contributed by atoms with Crippen molar-refractivity contribution in [3.63, 3.8) is 0 Å². The fourth-order valence-corrected chi connectivity index (χ4v) is 2.27. The van der Waals surface area contributed by atoms with Crippen molar-refractivity contribution >= 4 is 23.2 Å². The summed E-state index contributed by atoms with van der Waals surface area (Å²) in [6.07, 6.45) is -0.719. The molecule has 26 heavy (non-hydrogen) atoms. The molecule has 0 aliphatic heterocycles. The van der Waals surface area contributed by atoms with E-state index in [0.29, 0.717) is 28.6 Å². The summed E-state index contributed by atoms with van der Waals surface area (Å²) in [6, 6.07) is 12.2. The molecule has 1 atom stereocenters. The third-order valence-corrected chi connectivity index (χ3v) is 3.52. The lowest BCUT2D eigenvalue weighted by Crippen LogP contribution is -2.30. The molecule has 0 radical (unpaired) electrons. The van der Waals surface area contributed by atoms with E-state index in [9.17, 15) is 9.59 Å². The highest BCUT2D eigenvalue weighted by Crippen LogP contribution is 2.36. The molecule has 0 aliphatic carbocycles. The molecule has 2 amide bonds. The average Bonchev–Trinajstić information content (AvgIpc) is 2.62. The van der Waals surface area contributed by atoms with Crippen LogP contribution >= 0.6 is 0 Å². The Morgan fingerprint density at radius 2 is 1.46 bits per heavy atom. The Morgan fingerprint density at radius 3 is 1.96 bits per heavy atom. The van der Waals surface area contributed by atoms with Crippen molar-refractivity contribution in [3.05, 3.63) is 42.5 Å². The molecule has 0 heterocycles. The lowest BCUT2D eigenvalue weighted by Gasteiger charge is -2.18. The van der Waals surface area contributed by atoms with Gasteiger partial charge in [-0.15, -0.1) is 0 Å². The van der Waals surface area contributed by atoms with Crippen molar-refractivity contribution in [3.8, 4) is 17.2 Å². The van der Waals surface area contributed by atoms with Crippen molar-refractivity contribution in [2.24, 2.45) is 0 Å². The largest absolute Gasteiger partial charge is 0.494 e. The highest BCUT2D eigenvalue weighted by molar-refractivity contribution is 5.97. The van der Waals surface area contributed by atoms with Gasteiger partial charge in [-0.1, -0.05) is 18.2 Å². The molecular formula is C19H22N2O5. The standard InChI is InChI=1S/C19H22N2O5/c1-12(26-14-8-6-5-7-9-14)19(23)21-16-11-17(24-3)15(20-13(2)22)10-18(16)25-4/h5-12H,1-4H3,(H,20,22)(H,21,23)/t12-/m1/s1. The zero-order valence-corrected chi connectivity index (χ0v) is 15.2. The van der Waals surface area contributed by atoms with E-state index in [0.717, 1.165) is 0 Å². The predicted molar refractivity (Wildman–Crippen MR) is 99.0 cm³/mol. The van der Waals surface area contributed by atoms with E-state index in [-0.39, 0.29) is 11.8 Å². The summed E-state index contributed by atoms with van der Waals surface area (Å²) in [4.78, 5) is 23.8. The van der Waals surface area contributed by atoms with Gasteiger partial charge in [-0.05, 0) is 19.1 Å². The molecule has 0 fully saturated rings. The number of rotatable bonds is 7. The van der Waals surface area contributed by atoms with Gasteiger partial charge in [0.1, 0.15) is 17.2 Å². The second-order valence-electron chi connectivity index (χ2n) is 5.50. The van der Waals surface area contributed by atoms with Gasteiger partial charge in [0.05, 0.1) is 25.6 Å². The molecule has 0 unspecified atom stereocenters. The average molecular weight is 358 g/mol. The summed E-state index contributed by atoms with van der Waals surface area (Å²) in [6.45, 7) is 3.04. The van der Waals surface area contributed by atoms with Gasteiger partial charge in [0.2, 0.25) is 5.91 Å². The topological polar surface area (TPSA) is 85.9 Å². The van der Waals surface area contributed by atoms with Gasteiger partial charge in [-0.25, -0.2) is 0 Å². The second kappa shape index (κ2) is 8.75. The third-order valence-electron chi connectivity index (χ3n) is 3.52. The van der Waals surface area contributed by atoms with Crippen molar-refractivity contribution < 1.29 is 23.8 Å². The summed E-state index contributed by atoms with van der Waals surface area (Å²) in [7, 11) is 2.94. The molecular weight excluding hydrogens is 336 g/mol. The molecule has 0 bridgehead atoms. The minimum absolute atomic E-state index is 0.243. The first-order chi connectivity index (χ1) is 12.4. The maximum absolute atomic E-state index is 12.4. The van der Waals surface area contributed by atoms with Gasteiger partial charge < -0.3 is 24.8 Å². The van der Waals surface area contributed by atoms with Crippen LogP contribution in [0.2, 0.25) is 0 Å². The van der Waals surface area contributed by atoms with Crippen LogP contribution in [-0.2, 0) is 9.59 Å². The maximum Gasteiger partial charge on any atom is 0.265 e. The Balaban J connectivity index is 2.19. The Kier molecular flexibility index (Phi) is 6.43. The quantitative estimate of drug-likeness (QED) is 0.794. The number of benzene rings is 2. The second-order valence-corrected chi connectivity index (χ2v) is 5.50. The normalized spacial score (nSPS) is 11.2. The fourth-order valence-electron chi connectivity index (χ4n) is 2.27. The minimum atomic E-state index is -0.719. The molecule has 0 spiro atoms. The SMILES string of the molecule is COc1cc(NC(=O)[C@@H](C)Oc2ccccc2)c(OC)cc1NC(C)=O. The molecule has 7 nitrogen and oxygen atoms in total. The van der Waals surface area contributed by atoms with E-state index >= 15 is 0 Å². The number of hydrogen-bond acceptors (Lipinski definition) is 5. The molecule has 7 heteroatoms. The summed E-state index contributed by atoms with van der Waals surface area (Å²) in [5.74, 6) is 0.789. The number of amides is 2. The maximum atomic E-state index is 12.4. The molecule has 138 valence electrons. The third kappa shape index (κ3) is 4.89. The number of anilines is 2. The Morgan fingerprint density at radius 1 is 0.923 bits per heavy atom. The van der Waals surface area contributed by atoms with E-state index in [4.69, 9.17) is 14.2 Å². The van der Waals surface area contributed by atoms with Crippen molar-refractivity contribution in [2.45, 2.75) is 20.0 Å². The molecule has 2 aromatic carbocycles. The molecule has 0 aromatic heterocycles. The Hall–Kier alpha value is -3.22. The molecule has 0 aliphatic rings. The molecule has 2 aromatic rings. The van der Waals surface area contributed by atoms with E-state index in [1.807, 2.05) is 18.2 Å². The van der Waals surface area contributed by atoms with Gasteiger partial charge >= 0.3 is 0 Å². The summed E-state index contributed by atoms with van der Waals surface area (Å²) < 4.78 is 16.2. The smallest absolute Gasteiger partial charge is 0.265 e. The van der Waals surface area contributed by atoms with Crippen LogP contribution in [0.4, 0.5) is 11.4 Å². The number of nitrogens with one attached hydrogen (secondary N) is 2. The van der Waals surface area contributed by atoms with Crippen LogP contribution in [0.3, 0.4) is 0 Å². The van der Waals surface area contributed by atoms with Gasteiger partial charge in [0, 0.05) is 19.1 Å². The number of hydrogen-bond donors (Lipinski definition) is 2. The zero-order chi connectivity index (χ0) is 19.1. The van der Waals surface area contributed by atoms with Crippen molar-refractivity contribution in [2.75, 3.05) is 24.9 Å². The van der Waals surface area contributed by atoms with Gasteiger partial charge in [-0.2, -0.15) is 0 Å². The van der Waals surface area contributed by atoms with Crippen LogP contribution in [0, 0.1) is 0 Å². The highest BCUT2D eigenvalue weighted by Gasteiger charge is 2.19. The number of carbonyl (C=O) groups excluding carboxylic acids is 2. The fraction of sp³-hybridized carbons (Fsp3) is 0.263. The molecule has 2 N–H and O–H groups in total. The summed E-state index contributed by atoms with van der Waals surface area (Å²) in [5.41, 5.74) is 0.857. The van der Waals surface area contributed by atoms with Crippen LogP contribution in [-0.4, -0.2) is 32.1 Å². The molecule has 2 rings (SSSR count). The summed E-state index contributed by atoms with van der Waals surface area (Å²) >= 11 is 0. The predicted octanol–water partition coefficient (Wildman–Crippen LogP) is 3.07. The van der Waals surface area contributed by atoms with Crippen molar-refractivity contribution in [1.82, 2.24) is 0 Å². The van der Waals surface area contributed by atoms with E-state index < -0.39 is 6.10 Å². The minimum Gasteiger partial charge on any atom is -0.494 e. The molecule has 0 saturated carbocycles. The number of methoxy groups -OCH3 is 2. The lowest BCUT2D eigenvalue weighted by molar-refractivity contribution is -0.122. The number of carbonyl (C=O) groups is 2. The van der Waals surface area contributed by atoms with Gasteiger partial charge in [0.15, 0.2) is 6.10 Å². The van der Waals surface area contributed by atoms with E-state index in [1.165, 1.54) is 21.1 Å². The first-order valence-electron chi connectivity index (χ1n) is 8.00. The zero-order valence-electron chi connectivity index (χ0n) is 15.2. The Labute approximate surface area is 152 Å². The first kappa shape index (κ1) is 19.1. The first-order valence-corrected chi connectivity index (χ1v) is 8.00. The number of para-hydroxylation sites is 1. The van der Waals surface area contributed by atoms with Crippen LogP contribution in [0.1, 0.15) is 13.8 Å². The highest BCUT2D eigenvalue weighted by atomic mass is 16.5. The van der Waals surface area contributed by atoms with Gasteiger partial charge in [-0.3, -0.25) is 9.59 Å². The summed E-state index contributed by atoms with van der Waals surface area (Å²) in [5, 5.41) is 5.41.